The summed E-state index contributed by atoms with van der Waals surface area (Å²) in [6.45, 7) is 1.30. The highest BCUT2D eigenvalue weighted by Gasteiger charge is 2.09. The molecule has 0 bridgehead atoms. The van der Waals surface area contributed by atoms with E-state index >= 15 is 0 Å². The summed E-state index contributed by atoms with van der Waals surface area (Å²) in [5.74, 6) is 1.62. The Balaban J connectivity index is 1.61. The minimum atomic E-state index is -3.17. The molecule has 1 heterocycles. The maximum Gasteiger partial charge on any atom is 0.191 e. The number of aromatic nitrogens is 1. The van der Waals surface area contributed by atoms with E-state index in [1.165, 1.54) is 6.26 Å². The summed E-state index contributed by atoms with van der Waals surface area (Å²) in [5.41, 5.74) is 3.17. The Hall–Kier alpha value is -3.13. The van der Waals surface area contributed by atoms with Crippen LogP contribution in [-0.4, -0.2) is 53.3 Å². The molecule has 31 heavy (non-hydrogen) atoms. The van der Waals surface area contributed by atoms with Crippen molar-refractivity contribution in [1.82, 2.24) is 15.6 Å². The number of fused-ring (bicyclic) bond motifs is 1. The minimum Gasteiger partial charge on any atom is -0.363 e. The van der Waals surface area contributed by atoms with Gasteiger partial charge in [0.2, 0.25) is 0 Å². The van der Waals surface area contributed by atoms with Gasteiger partial charge >= 0.3 is 0 Å². The SMILES string of the molecule is CN=C(NCCc1ccc(S(C)(=O)=O)cc1)NCc1cc(N(C)C)nc2ccccc12. The summed E-state index contributed by atoms with van der Waals surface area (Å²) in [5, 5.41) is 7.80. The van der Waals surface area contributed by atoms with E-state index in [1.54, 1.807) is 19.2 Å². The number of para-hydroxylation sites is 1. The summed E-state index contributed by atoms with van der Waals surface area (Å²) in [6, 6.07) is 17.2. The zero-order valence-corrected chi connectivity index (χ0v) is 19.2. The third kappa shape index (κ3) is 5.95. The number of aliphatic imine (C=N–C) groups is 1. The monoisotopic (exact) mass is 439 g/mol. The first-order chi connectivity index (χ1) is 14.8. The van der Waals surface area contributed by atoms with Crippen LogP contribution in [0.5, 0.6) is 0 Å². The topological polar surface area (TPSA) is 86.7 Å². The van der Waals surface area contributed by atoms with Crippen molar-refractivity contribution in [2.75, 3.05) is 38.8 Å². The highest BCUT2D eigenvalue weighted by atomic mass is 32.2. The maximum absolute atomic E-state index is 11.6. The lowest BCUT2D eigenvalue weighted by atomic mass is 10.1. The van der Waals surface area contributed by atoms with E-state index in [2.05, 4.69) is 27.8 Å². The van der Waals surface area contributed by atoms with Gasteiger partial charge in [0.15, 0.2) is 15.8 Å². The number of benzene rings is 2. The van der Waals surface area contributed by atoms with Gasteiger partial charge in [-0.25, -0.2) is 13.4 Å². The van der Waals surface area contributed by atoms with E-state index in [0.717, 1.165) is 34.3 Å². The average Bonchev–Trinajstić information content (AvgIpc) is 2.75. The first-order valence-corrected chi connectivity index (χ1v) is 12.0. The molecule has 0 saturated heterocycles. The smallest absolute Gasteiger partial charge is 0.191 e. The van der Waals surface area contributed by atoms with Crippen LogP contribution >= 0.6 is 0 Å². The van der Waals surface area contributed by atoms with Crippen LogP contribution in [0.1, 0.15) is 11.1 Å². The molecule has 0 aliphatic rings. The van der Waals surface area contributed by atoms with E-state index in [4.69, 9.17) is 4.98 Å². The van der Waals surface area contributed by atoms with Crippen molar-refractivity contribution in [2.45, 2.75) is 17.9 Å². The van der Waals surface area contributed by atoms with Gasteiger partial charge in [-0.1, -0.05) is 30.3 Å². The molecule has 0 aliphatic carbocycles. The minimum absolute atomic E-state index is 0.336. The second-order valence-electron chi connectivity index (χ2n) is 7.57. The molecule has 0 radical (unpaired) electrons. The van der Waals surface area contributed by atoms with Gasteiger partial charge in [0.25, 0.3) is 0 Å². The van der Waals surface area contributed by atoms with Crippen LogP contribution in [0.2, 0.25) is 0 Å². The zero-order chi connectivity index (χ0) is 22.4. The lowest BCUT2D eigenvalue weighted by molar-refractivity contribution is 0.602. The van der Waals surface area contributed by atoms with Gasteiger partial charge in [0.1, 0.15) is 5.82 Å². The average molecular weight is 440 g/mol. The van der Waals surface area contributed by atoms with Crippen LogP contribution in [0, 0.1) is 0 Å². The van der Waals surface area contributed by atoms with Gasteiger partial charge in [-0.05, 0) is 41.8 Å². The number of hydrogen-bond donors (Lipinski definition) is 2. The predicted molar refractivity (Wildman–Crippen MR) is 128 cm³/mol. The maximum atomic E-state index is 11.6. The van der Waals surface area contributed by atoms with Crippen LogP contribution in [0.3, 0.4) is 0 Å². The molecule has 1 aromatic heterocycles. The fourth-order valence-electron chi connectivity index (χ4n) is 3.24. The number of nitrogens with zero attached hydrogens (tertiary/aromatic N) is 3. The summed E-state index contributed by atoms with van der Waals surface area (Å²) in [6.07, 6.45) is 1.97. The lowest BCUT2D eigenvalue weighted by Gasteiger charge is -2.17. The summed E-state index contributed by atoms with van der Waals surface area (Å²) in [7, 11) is 2.54. The quantitative estimate of drug-likeness (QED) is 0.435. The first kappa shape index (κ1) is 22.6. The molecule has 0 aliphatic heterocycles. The summed E-state index contributed by atoms with van der Waals surface area (Å²) < 4.78 is 23.1. The van der Waals surface area contributed by atoms with E-state index in [-0.39, 0.29) is 0 Å². The third-order valence-corrected chi connectivity index (χ3v) is 6.10. The Morgan fingerprint density at radius 3 is 2.42 bits per heavy atom. The molecular weight excluding hydrogens is 410 g/mol. The second-order valence-corrected chi connectivity index (χ2v) is 9.59. The largest absolute Gasteiger partial charge is 0.363 e. The van der Waals surface area contributed by atoms with Crippen molar-refractivity contribution in [3.63, 3.8) is 0 Å². The van der Waals surface area contributed by atoms with Gasteiger partial charge < -0.3 is 15.5 Å². The number of anilines is 1. The van der Waals surface area contributed by atoms with Crippen molar-refractivity contribution in [1.29, 1.82) is 0 Å². The fraction of sp³-hybridized carbons (Fsp3) is 0.304. The van der Waals surface area contributed by atoms with Crippen molar-refractivity contribution in [3.8, 4) is 0 Å². The molecule has 2 N–H and O–H groups in total. The molecule has 8 heteroatoms. The highest BCUT2D eigenvalue weighted by Crippen LogP contribution is 2.22. The number of nitrogens with one attached hydrogen (secondary N) is 2. The van der Waals surface area contributed by atoms with Crippen LogP contribution in [0.25, 0.3) is 10.9 Å². The van der Waals surface area contributed by atoms with Crippen molar-refractivity contribution < 1.29 is 8.42 Å². The van der Waals surface area contributed by atoms with Gasteiger partial charge in [-0.3, -0.25) is 4.99 Å². The molecule has 2 aromatic carbocycles. The molecule has 0 spiro atoms. The Labute approximate surface area is 184 Å². The Bertz CT molecular complexity index is 1170. The number of sulfone groups is 1. The standard InChI is InChI=1S/C23H29N5O2S/c1-24-23(25-14-13-17-9-11-19(12-10-17)31(4,29)30)26-16-18-15-22(28(2)3)27-21-8-6-5-7-20(18)21/h5-12,15H,13-14,16H2,1-4H3,(H2,24,25,26). The van der Waals surface area contributed by atoms with Crippen LogP contribution in [0.15, 0.2) is 64.5 Å². The van der Waals surface area contributed by atoms with Crippen LogP contribution in [0.4, 0.5) is 5.82 Å². The lowest BCUT2D eigenvalue weighted by Crippen LogP contribution is -2.37. The molecular formula is C23H29N5O2S. The first-order valence-electron chi connectivity index (χ1n) is 10.1. The van der Waals surface area contributed by atoms with Crippen molar-refractivity contribution >= 4 is 32.5 Å². The number of guanidine groups is 1. The van der Waals surface area contributed by atoms with Crippen molar-refractivity contribution in [3.05, 3.63) is 65.7 Å². The zero-order valence-electron chi connectivity index (χ0n) is 18.4. The molecule has 0 fully saturated rings. The van der Waals surface area contributed by atoms with Gasteiger partial charge in [-0.2, -0.15) is 0 Å². The van der Waals surface area contributed by atoms with Gasteiger partial charge in [0.05, 0.1) is 10.4 Å². The van der Waals surface area contributed by atoms with Gasteiger partial charge in [-0.15, -0.1) is 0 Å². The van der Waals surface area contributed by atoms with Crippen LogP contribution in [-0.2, 0) is 22.8 Å². The Kier molecular flexibility index (Phi) is 7.12. The van der Waals surface area contributed by atoms with E-state index in [0.29, 0.717) is 23.9 Å². The van der Waals surface area contributed by atoms with E-state index in [9.17, 15) is 8.42 Å². The normalized spacial score (nSPS) is 12.1. The number of hydrogen-bond acceptors (Lipinski definition) is 5. The Morgan fingerprint density at radius 1 is 1.06 bits per heavy atom. The molecule has 164 valence electrons. The van der Waals surface area contributed by atoms with Crippen LogP contribution < -0.4 is 15.5 Å². The van der Waals surface area contributed by atoms with E-state index < -0.39 is 9.84 Å². The summed E-state index contributed by atoms with van der Waals surface area (Å²) >= 11 is 0. The third-order valence-electron chi connectivity index (χ3n) is 4.97. The molecule has 0 atom stereocenters. The highest BCUT2D eigenvalue weighted by molar-refractivity contribution is 7.90. The molecule has 3 rings (SSSR count). The Morgan fingerprint density at radius 2 is 1.77 bits per heavy atom. The molecule has 0 saturated carbocycles. The predicted octanol–water partition coefficient (Wildman–Crippen LogP) is 2.61. The van der Waals surface area contributed by atoms with Gasteiger partial charge in [0, 0.05) is 45.9 Å². The molecule has 7 nitrogen and oxygen atoms in total. The second kappa shape index (κ2) is 9.78. The molecule has 3 aromatic rings. The summed E-state index contributed by atoms with van der Waals surface area (Å²) in [4.78, 5) is 11.3. The molecule has 0 amide bonds. The molecule has 0 unspecified atom stereocenters. The van der Waals surface area contributed by atoms with Crippen molar-refractivity contribution in [2.24, 2.45) is 4.99 Å². The fourth-order valence-corrected chi connectivity index (χ4v) is 3.87. The van der Waals surface area contributed by atoms with E-state index in [1.807, 2.05) is 49.3 Å². The number of rotatable bonds is 7. The number of pyridine rings is 1.